The van der Waals surface area contributed by atoms with Gasteiger partial charge in [-0.05, 0) is 24.6 Å². The monoisotopic (exact) mass is 335 g/mol. The first-order valence-corrected chi connectivity index (χ1v) is 8.28. The third-order valence-electron chi connectivity index (χ3n) is 3.56. The number of halogens is 1. The third-order valence-corrected chi connectivity index (χ3v) is 4.48. The van der Waals surface area contributed by atoms with Gasteiger partial charge in [0, 0.05) is 30.6 Å². The van der Waals surface area contributed by atoms with Gasteiger partial charge in [-0.25, -0.2) is 14.2 Å². The number of morpholine rings is 1. The summed E-state index contributed by atoms with van der Waals surface area (Å²) < 4.78 is 18.6. The topological polar surface area (TPSA) is 54.5 Å². The number of aromatic nitrogens is 1. The van der Waals surface area contributed by atoms with Crippen LogP contribution in [-0.4, -0.2) is 41.7 Å². The predicted molar refractivity (Wildman–Crippen MR) is 87.3 cm³/mol. The van der Waals surface area contributed by atoms with Crippen molar-refractivity contribution < 1.29 is 13.9 Å². The van der Waals surface area contributed by atoms with E-state index in [-0.39, 0.29) is 18.0 Å². The van der Waals surface area contributed by atoms with Crippen molar-refractivity contribution in [3.8, 4) is 0 Å². The van der Waals surface area contributed by atoms with Crippen LogP contribution in [0.15, 0.2) is 30.5 Å². The zero-order valence-corrected chi connectivity index (χ0v) is 13.6. The fourth-order valence-corrected chi connectivity index (χ4v) is 3.30. The lowest BCUT2D eigenvalue weighted by atomic mass is 10.1. The molecule has 3 rings (SSSR count). The number of carbonyl (C=O) groups is 1. The molecule has 0 spiro atoms. The summed E-state index contributed by atoms with van der Waals surface area (Å²) in [4.78, 5) is 19.1. The standard InChI is InChI=1S/C16H18FN3O2S/c1-11-10-20(5-6-22-11)16(21)19-15-18-9-14(23-15)8-12-3-2-4-13(17)7-12/h2-4,7,9,11H,5-6,8,10H2,1H3,(H,18,19,21)/t11-/m0/s1. The second kappa shape index (κ2) is 7.06. The molecule has 2 amide bonds. The van der Waals surface area contributed by atoms with Crippen LogP contribution in [0.2, 0.25) is 0 Å². The normalized spacial score (nSPS) is 18.0. The van der Waals surface area contributed by atoms with Crippen molar-refractivity contribution in [1.82, 2.24) is 9.88 Å². The zero-order valence-electron chi connectivity index (χ0n) is 12.8. The van der Waals surface area contributed by atoms with Crippen molar-refractivity contribution in [1.29, 1.82) is 0 Å². The number of nitrogens with zero attached hydrogens (tertiary/aromatic N) is 2. The molecule has 1 atom stereocenters. The van der Waals surface area contributed by atoms with Gasteiger partial charge in [-0.15, -0.1) is 11.3 Å². The summed E-state index contributed by atoms with van der Waals surface area (Å²) in [6, 6.07) is 6.33. The molecule has 2 aromatic rings. The fourth-order valence-electron chi connectivity index (χ4n) is 2.47. The Morgan fingerprint density at radius 3 is 3.22 bits per heavy atom. The van der Waals surface area contributed by atoms with Crippen LogP contribution >= 0.6 is 11.3 Å². The van der Waals surface area contributed by atoms with Gasteiger partial charge in [0.05, 0.1) is 12.7 Å². The molecule has 0 aliphatic carbocycles. The van der Waals surface area contributed by atoms with E-state index in [0.717, 1.165) is 10.4 Å². The van der Waals surface area contributed by atoms with Crippen molar-refractivity contribution >= 4 is 22.5 Å². The predicted octanol–water partition coefficient (Wildman–Crippen LogP) is 3.13. The first-order valence-electron chi connectivity index (χ1n) is 7.47. The molecule has 1 aromatic carbocycles. The van der Waals surface area contributed by atoms with Crippen molar-refractivity contribution in [3.63, 3.8) is 0 Å². The molecule has 2 heterocycles. The van der Waals surface area contributed by atoms with Crippen LogP contribution in [-0.2, 0) is 11.2 Å². The molecule has 0 bridgehead atoms. The van der Waals surface area contributed by atoms with Gasteiger partial charge >= 0.3 is 6.03 Å². The van der Waals surface area contributed by atoms with Crippen molar-refractivity contribution in [2.24, 2.45) is 0 Å². The number of anilines is 1. The highest BCUT2D eigenvalue weighted by molar-refractivity contribution is 7.15. The Hall–Kier alpha value is -1.99. The summed E-state index contributed by atoms with van der Waals surface area (Å²) >= 11 is 1.40. The van der Waals surface area contributed by atoms with Gasteiger partial charge in [0.25, 0.3) is 0 Å². The van der Waals surface area contributed by atoms with Gasteiger partial charge < -0.3 is 9.64 Å². The maximum absolute atomic E-state index is 13.2. The van der Waals surface area contributed by atoms with Crippen molar-refractivity contribution in [3.05, 3.63) is 46.7 Å². The minimum atomic E-state index is -0.248. The minimum Gasteiger partial charge on any atom is -0.375 e. The Bertz CT molecular complexity index is 691. The Morgan fingerprint density at radius 2 is 2.43 bits per heavy atom. The molecule has 1 saturated heterocycles. The van der Waals surface area contributed by atoms with E-state index in [0.29, 0.717) is 31.2 Å². The molecule has 1 fully saturated rings. The van der Waals surface area contributed by atoms with Crippen LogP contribution in [0.5, 0.6) is 0 Å². The summed E-state index contributed by atoms with van der Waals surface area (Å²) in [6.07, 6.45) is 2.36. The van der Waals surface area contributed by atoms with E-state index >= 15 is 0 Å². The summed E-state index contributed by atoms with van der Waals surface area (Å²) in [5.74, 6) is -0.248. The number of carbonyl (C=O) groups excluding carboxylic acids is 1. The molecule has 1 aliphatic rings. The average Bonchev–Trinajstić information content (AvgIpc) is 2.94. The fraction of sp³-hybridized carbons (Fsp3) is 0.375. The summed E-state index contributed by atoms with van der Waals surface area (Å²) in [6.45, 7) is 3.66. The summed E-state index contributed by atoms with van der Waals surface area (Å²) in [7, 11) is 0. The third kappa shape index (κ3) is 4.27. The summed E-state index contributed by atoms with van der Waals surface area (Å²) in [5, 5.41) is 3.37. The number of amides is 2. The number of urea groups is 1. The van der Waals surface area contributed by atoms with E-state index in [9.17, 15) is 9.18 Å². The van der Waals surface area contributed by atoms with Gasteiger partial charge in [0.1, 0.15) is 5.82 Å². The second-order valence-corrected chi connectivity index (χ2v) is 6.61. The van der Waals surface area contributed by atoms with Crippen molar-refractivity contribution in [2.45, 2.75) is 19.4 Å². The highest BCUT2D eigenvalue weighted by Gasteiger charge is 2.22. The highest BCUT2D eigenvalue weighted by Crippen LogP contribution is 2.22. The molecule has 1 aliphatic heterocycles. The molecular weight excluding hydrogens is 317 g/mol. The second-order valence-electron chi connectivity index (χ2n) is 5.50. The maximum Gasteiger partial charge on any atom is 0.323 e. The number of thiazole rings is 1. The van der Waals surface area contributed by atoms with Crippen molar-refractivity contribution in [2.75, 3.05) is 25.0 Å². The molecule has 0 radical (unpaired) electrons. The zero-order chi connectivity index (χ0) is 16.2. The number of nitrogens with one attached hydrogen (secondary N) is 1. The van der Waals surface area contributed by atoms with Gasteiger partial charge in [-0.3, -0.25) is 5.32 Å². The van der Waals surface area contributed by atoms with Crippen LogP contribution in [0.3, 0.4) is 0 Å². The first kappa shape index (κ1) is 15.9. The van der Waals surface area contributed by atoms with E-state index in [4.69, 9.17) is 4.74 Å². The van der Waals surface area contributed by atoms with E-state index in [2.05, 4.69) is 10.3 Å². The molecular formula is C16H18FN3O2S. The van der Waals surface area contributed by atoms with Gasteiger partial charge in [-0.1, -0.05) is 12.1 Å². The Balaban J connectivity index is 1.59. The van der Waals surface area contributed by atoms with Gasteiger partial charge in [-0.2, -0.15) is 0 Å². The Labute approximate surface area is 138 Å². The SMILES string of the molecule is C[C@H]1CN(C(=O)Nc2ncc(Cc3cccc(F)c3)s2)CCO1. The quantitative estimate of drug-likeness (QED) is 0.937. The number of ether oxygens (including phenoxy) is 1. The molecule has 1 N–H and O–H groups in total. The molecule has 1 aromatic heterocycles. The summed E-state index contributed by atoms with van der Waals surface area (Å²) in [5.41, 5.74) is 0.883. The molecule has 0 saturated carbocycles. The number of benzene rings is 1. The molecule has 122 valence electrons. The minimum absolute atomic E-state index is 0.0503. The first-order chi connectivity index (χ1) is 11.1. The van der Waals surface area contributed by atoms with E-state index in [1.807, 2.05) is 13.0 Å². The largest absolute Gasteiger partial charge is 0.375 e. The molecule has 5 nitrogen and oxygen atoms in total. The smallest absolute Gasteiger partial charge is 0.323 e. The maximum atomic E-state index is 13.2. The van der Waals surface area contributed by atoms with Gasteiger partial charge in [0.2, 0.25) is 0 Å². The number of rotatable bonds is 3. The number of hydrogen-bond donors (Lipinski definition) is 1. The molecule has 7 heteroatoms. The van der Waals surface area contributed by atoms with Crippen LogP contribution in [0.1, 0.15) is 17.4 Å². The van der Waals surface area contributed by atoms with E-state index in [1.165, 1.54) is 23.5 Å². The van der Waals surface area contributed by atoms with Crippen LogP contribution in [0.4, 0.5) is 14.3 Å². The van der Waals surface area contributed by atoms with E-state index < -0.39 is 0 Å². The lowest BCUT2D eigenvalue weighted by Gasteiger charge is -2.30. The van der Waals surface area contributed by atoms with Gasteiger partial charge in [0.15, 0.2) is 5.13 Å². The van der Waals surface area contributed by atoms with Crippen LogP contribution in [0, 0.1) is 5.82 Å². The highest BCUT2D eigenvalue weighted by atomic mass is 32.1. The lowest BCUT2D eigenvalue weighted by molar-refractivity contribution is -0.00138. The number of hydrogen-bond acceptors (Lipinski definition) is 4. The lowest BCUT2D eigenvalue weighted by Crippen LogP contribution is -2.46. The molecule has 0 unspecified atom stereocenters. The Morgan fingerprint density at radius 1 is 1.57 bits per heavy atom. The van der Waals surface area contributed by atoms with Crippen LogP contribution < -0.4 is 5.32 Å². The Kier molecular flexibility index (Phi) is 4.88. The van der Waals surface area contributed by atoms with E-state index in [1.54, 1.807) is 17.2 Å². The van der Waals surface area contributed by atoms with Crippen LogP contribution in [0.25, 0.3) is 0 Å². The molecule has 23 heavy (non-hydrogen) atoms. The average molecular weight is 335 g/mol.